The van der Waals surface area contributed by atoms with Crippen LogP contribution in [0.2, 0.25) is 0 Å². The summed E-state index contributed by atoms with van der Waals surface area (Å²) >= 11 is 5.89. The van der Waals surface area contributed by atoms with E-state index in [0.29, 0.717) is 24.0 Å². The third-order valence-electron chi connectivity index (χ3n) is 5.87. The Morgan fingerprint density at radius 2 is 2.38 bits per heavy atom. The zero-order chi connectivity index (χ0) is 15.3. The molecule has 21 heavy (non-hydrogen) atoms. The third-order valence-corrected chi connectivity index (χ3v) is 6.09. The van der Waals surface area contributed by atoms with Gasteiger partial charge in [-0.2, -0.15) is 0 Å². The number of hydrogen-bond acceptors (Lipinski definition) is 2. The Morgan fingerprint density at radius 1 is 1.62 bits per heavy atom. The van der Waals surface area contributed by atoms with Gasteiger partial charge in [0, 0.05) is 5.88 Å². The summed E-state index contributed by atoms with van der Waals surface area (Å²) in [7, 11) is 0. The topological polar surface area (TPSA) is 38.3 Å². The van der Waals surface area contributed by atoms with E-state index >= 15 is 0 Å². The monoisotopic (exact) mass is 309 g/mol. The lowest BCUT2D eigenvalue weighted by Crippen LogP contribution is -2.72. The number of allylic oxidation sites excluding steroid dienone is 2. The summed E-state index contributed by atoms with van der Waals surface area (Å²) in [5, 5.41) is 3.23. The highest BCUT2D eigenvalue weighted by atomic mass is 35.5. The van der Waals surface area contributed by atoms with Gasteiger partial charge in [-0.3, -0.25) is 4.79 Å². The number of halogens is 1. The SMILES string of the molecule is C=C1O[C@@]2(C)C(CCCl)C(=O)NC12[C@@H](C)C1C=CCCC1. The number of carbonyl (C=O) groups excluding carboxylic acids is 1. The molecule has 116 valence electrons. The quantitative estimate of drug-likeness (QED) is 0.638. The second-order valence-corrected chi connectivity index (χ2v) is 7.15. The van der Waals surface area contributed by atoms with E-state index in [2.05, 4.69) is 31.0 Å². The summed E-state index contributed by atoms with van der Waals surface area (Å²) in [6.07, 6.45) is 8.74. The van der Waals surface area contributed by atoms with E-state index in [-0.39, 0.29) is 17.7 Å². The second-order valence-electron chi connectivity index (χ2n) is 6.77. The molecule has 1 N–H and O–H groups in total. The number of nitrogens with one attached hydrogen (secondary N) is 1. The molecule has 3 rings (SSSR count). The normalized spacial score (nSPS) is 42.8. The van der Waals surface area contributed by atoms with Crippen LogP contribution in [0.4, 0.5) is 0 Å². The highest BCUT2D eigenvalue weighted by Gasteiger charge is 2.74. The van der Waals surface area contributed by atoms with Gasteiger partial charge < -0.3 is 10.1 Å². The van der Waals surface area contributed by atoms with E-state index in [4.69, 9.17) is 16.3 Å². The minimum Gasteiger partial charge on any atom is -0.486 e. The number of alkyl halides is 1. The van der Waals surface area contributed by atoms with Gasteiger partial charge in [-0.15, -0.1) is 11.6 Å². The first-order valence-electron chi connectivity index (χ1n) is 7.90. The summed E-state index contributed by atoms with van der Waals surface area (Å²) in [6.45, 7) is 8.33. The second kappa shape index (κ2) is 5.05. The lowest BCUT2D eigenvalue weighted by Gasteiger charge is -2.59. The summed E-state index contributed by atoms with van der Waals surface area (Å²) < 4.78 is 5.94. The maximum atomic E-state index is 12.5. The van der Waals surface area contributed by atoms with Crippen LogP contribution in [0.15, 0.2) is 24.5 Å². The molecule has 0 spiro atoms. The largest absolute Gasteiger partial charge is 0.486 e. The van der Waals surface area contributed by atoms with Crippen LogP contribution in [0, 0.1) is 17.8 Å². The van der Waals surface area contributed by atoms with Crippen LogP contribution in [0.25, 0.3) is 0 Å². The smallest absolute Gasteiger partial charge is 0.228 e. The Bertz CT molecular complexity index is 503. The fourth-order valence-electron chi connectivity index (χ4n) is 4.63. The predicted molar refractivity (Wildman–Crippen MR) is 84.0 cm³/mol. The summed E-state index contributed by atoms with van der Waals surface area (Å²) in [6, 6.07) is 0. The molecule has 5 atom stereocenters. The van der Waals surface area contributed by atoms with Crippen LogP contribution in [0.5, 0.6) is 0 Å². The molecule has 0 bridgehead atoms. The molecule has 3 unspecified atom stereocenters. The molecule has 2 fully saturated rings. The van der Waals surface area contributed by atoms with Gasteiger partial charge in [0.25, 0.3) is 0 Å². The molecule has 1 aliphatic carbocycles. The Hall–Kier alpha value is -0.960. The maximum Gasteiger partial charge on any atom is 0.228 e. The van der Waals surface area contributed by atoms with Crippen molar-refractivity contribution in [2.24, 2.45) is 17.8 Å². The van der Waals surface area contributed by atoms with Gasteiger partial charge in [-0.1, -0.05) is 25.7 Å². The van der Waals surface area contributed by atoms with Crippen molar-refractivity contribution in [3.63, 3.8) is 0 Å². The molecule has 3 aliphatic rings. The zero-order valence-corrected chi connectivity index (χ0v) is 13.6. The molecular formula is C17H24ClNO2. The van der Waals surface area contributed by atoms with E-state index in [1.807, 2.05) is 6.92 Å². The summed E-state index contributed by atoms with van der Waals surface area (Å²) in [4.78, 5) is 12.5. The zero-order valence-electron chi connectivity index (χ0n) is 12.8. The molecule has 0 aromatic heterocycles. The van der Waals surface area contributed by atoms with Crippen LogP contribution < -0.4 is 5.32 Å². The lowest BCUT2D eigenvalue weighted by molar-refractivity contribution is -0.182. The van der Waals surface area contributed by atoms with Gasteiger partial charge in [0.15, 0.2) is 0 Å². The molecule has 1 amide bonds. The molecule has 2 saturated heterocycles. The summed E-state index contributed by atoms with van der Waals surface area (Å²) in [5.74, 6) is 1.80. The third kappa shape index (κ3) is 1.82. The van der Waals surface area contributed by atoms with Crippen molar-refractivity contribution in [1.29, 1.82) is 0 Å². The van der Waals surface area contributed by atoms with Crippen molar-refractivity contribution >= 4 is 17.5 Å². The molecule has 2 heterocycles. The number of carbonyl (C=O) groups is 1. The molecule has 3 nitrogen and oxygen atoms in total. The van der Waals surface area contributed by atoms with Gasteiger partial charge in [0.1, 0.15) is 16.9 Å². The maximum absolute atomic E-state index is 12.5. The van der Waals surface area contributed by atoms with Crippen molar-refractivity contribution in [2.45, 2.75) is 50.7 Å². The molecule has 2 aliphatic heterocycles. The van der Waals surface area contributed by atoms with Crippen molar-refractivity contribution in [2.75, 3.05) is 5.88 Å². The fourth-order valence-corrected chi connectivity index (χ4v) is 4.85. The van der Waals surface area contributed by atoms with Crippen molar-refractivity contribution in [3.05, 3.63) is 24.5 Å². The number of amides is 1. The molecule has 0 aromatic rings. The lowest BCUT2D eigenvalue weighted by atomic mass is 9.60. The van der Waals surface area contributed by atoms with Crippen LogP contribution in [-0.4, -0.2) is 22.9 Å². The first kappa shape index (κ1) is 15.0. The average Bonchev–Trinajstić information content (AvgIpc) is 2.65. The first-order valence-corrected chi connectivity index (χ1v) is 8.44. The van der Waals surface area contributed by atoms with Crippen molar-refractivity contribution in [3.8, 4) is 0 Å². The fraction of sp³-hybridized carbons (Fsp3) is 0.706. The van der Waals surface area contributed by atoms with Gasteiger partial charge in [-0.05, 0) is 44.4 Å². The molecule has 0 saturated carbocycles. The van der Waals surface area contributed by atoms with E-state index in [1.165, 1.54) is 12.8 Å². The van der Waals surface area contributed by atoms with E-state index in [9.17, 15) is 4.79 Å². The van der Waals surface area contributed by atoms with Gasteiger partial charge >= 0.3 is 0 Å². The van der Waals surface area contributed by atoms with Crippen molar-refractivity contribution < 1.29 is 9.53 Å². The molecular weight excluding hydrogens is 286 g/mol. The van der Waals surface area contributed by atoms with Gasteiger partial charge in [-0.25, -0.2) is 0 Å². The summed E-state index contributed by atoms with van der Waals surface area (Å²) in [5.41, 5.74) is -0.950. The molecule has 0 radical (unpaired) electrons. The standard InChI is InChI=1S/C17H24ClNO2/c1-11(13-7-5-4-6-8-13)17-12(2)21-16(17,3)14(9-10-18)15(20)19-17/h5,7,11,13-14H,2,4,6,8-10H2,1,3H3,(H,19,20)/t11-,13?,14?,16-,17?/m0/s1. The highest BCUT2D eigenvalue weighted by Crippen LogP contribution is 2.59. The highest BCUT2D eigenvalue weighted by molar-refractivity contribution is 6.18. The van der Waals surface area contributed by atoms with E-state index in [0.717, 1.165) is 6.42 Å². The number of hydrogen-bond donors (Lipinski definition) is 1. The van der Waals surface area contributed by atoms with Crippen molar-refractivity contribution in [1.82, 2.24) is 5.32 Å². The Morgan fingerprint density at radius 3 is 2.95 bits per heavy atom. The Kier molecular flexibility index (Phi) is 3.59. The minimum atomic E-state index is -0.513. The van der Waals surface area contributed by atoms with Crippen LogP contribution in [0.1, 0.15) is 39.5 Å². The Balaban J connectivity index is 1.94. The first-order chi connectivity index (χ1) is 9.97. The molecule has 4 heteroatoms. The van der Waals surface area contributed by atoms with Gasteiger partial charge in [0.2, 0.25) is 5.91 Å². The van der Waals surface area contributed by atoms with Crippen LogP contribution >= 0.6 is 11.6 Å². The van der Waals surface area contributed by atoms with E-state index < -0.39 is 11.1 Å². The van der Waals surface area contributed by atoms with E-state index in [1.54, 1.807) is 0 Å². The van der Waals surface area contributed by atoms with Crippen LogP contribution in [0.3, 0.4) is 0 Å². The number of ether oxygens (including phenoxy) is 1. The van der Waals surface area contributed by atoms with Gasteiger partial charge in [0.05, 0.1) is 5.92 Å². The Labute approximate surface area is 131 Å². The number of rotatable bonds is 4. The minimum absolute atomic E-state index is 0.0587. The van der Waals surface area contributed by atoms with Crippen LogP contribution in [-0.2, 0) is 9.53 Å². The number of fused-ring (bicyclic) bond motifs is 1. The average molecular weight is 310 g/mol. The predicted octanol–water partition coefficient (Wildman–Crippen LogP) is 3.40. The molecule has 0 aromatic carbocycles.